The third-order valence-corrected chi connectivity index (χ3v) is 3.48. The van der Waals surface area contributed by atoms with E-state index in [-0.39, 0.29) is 11.7 Å². The predicted molar refractivity (Wildman–Crippen MR) is 78.5 cm³/mol. The molecule has 1 aliphatic rings. The molecule has 3 rings (SSSR count). The van der Waals surface area contributed by atoms with Crippen molar-refractivity contribution in [1.82, 2.24) is 0 Å². The van der Waals surface area contributed by atoms with Crippen molar-refractivity contribution in [3.63, 3.8) is 0 Å². The number of anilines is 2. The number of benzene rings is 2. The van der Waals surface area contributed by atoms with Crippen molar-refractivity contribution >= 4 is 17.3 Å². The van der Waals surface area contributed by atoms with Crippen LogP contribution >= 0.6 is 0 Å². The van der Waals surface area contributed by atoms with E-state index in [4.69, 9.17) is 10.5 Å². The van der Waals surface area contributed by atoms with Crippen LogP contribution in [0.15, 0.2) is 42.5 Å². The first-order chi connectivity index (χ1) is 10.1. The highest BCUT2D eigenvalue weighted by Gasteiger charge is 2.32. The van der Waals surface area contributed by atoms with Crippen molar-refractivity contribution < 1.29 is 13.9 Å². The summed E-state index contributed by atoms with van der Waals surface area (Å²) in [5.74, 6) is 0.0780. The lowest BCUT2D eigenvalue weighted by molar-refractivity contribution is -0.125. The number of hydrogen-bond donors (Lipinski definition) is 1. The first-order valence-corrected chi connectivity index (χ1v) is 6.67. The van der Waals surface area contributed by atoms with Gasteiger partial charge in [0, 0.05) is 0 Å². The van der Waals surface area contributed by atoms with Crippen molar-refractivity contribution in [2.24, 2.45) is 0 Å². The van der Waals surface area contributed by atoms with Crippen molar-refractivity contribution in [2.45, 2.75) is 19.6 Å². The van der Waals surface area contributed by atoms with E-state index in [1.165, 1.54) is 12.1 Å². The fourth-order valence-corrected chi connectivity index (χ4v) is 2.38. The van der Waals surface area contributed by atoms with Gasteiger partial charge in [-0.05, 0) is 36.8 Å². The molecule has 1 aliphatic heterocycles. The largest absolute Gasteiger partial charge is 0.477 e. The molecule has 108 valence electrons. The lowest BCUT2D eigenvalue weighted by Crippen LogP contribution is -2.44. The molecule has 0 radical (unpaired) electrons. The highest BCUT2D eigenvalue weighted by atomic mass is 19.1. The fraction of sp³-hybridized carbons (Fsp3) is 0.188. The molecule has 0 aliphatic carbocycles. The van der Waals surface area contributed by atoms with Crippen LogP contribution in [0.2, 0.25) is 0 Å². The SMILES string of the molecule is CC1Oc2c(N)cccc2N(Cc2ccc(F)cc2)C1=O. The van der Waals surface area contributed by atoms with Gasteiger partial charge in [0.2, 0.25) is 0 Å². The summed E-state index contributed by atoms with van der Waals surface area (Å²) in [6, 6.07) is 11.4. The van der Waals surface area contributed by atoms with Crippen LogP contribution < -0.4 is 15.4 Å². The van der Waals surface area contributed by atoms with Crippen molar-refractivity contribution in [3.8, 4) is 5.75 Å². The van der Waals surface area contributed by atoms with Crippen LogP contribution in [0.4, 0.5) is 15.8 Å². The molecule has 1 atom stereocenters. The zero-order chi connectivity index (χ0) is 15.0. The van der Waals surface area contributed by atoms with Gasteiger partial charge in [0.1, 0.15) is 5.82 Å². The van der Waals surface area contributed by atoms with Crippen LogP contribution in [0, 0.1) is 5.82 Å². The molecule has 2 aromatic rings. The minimum atomic E-state index is -0.595. The lowest BCUT2D eigenvalue weighted by atomic mass is 10.1. The maximum absolute atomic E-state index is 13.0. The van der Waals surface area contributed by atoms with Gasteiger partial charge >= 0.3 is 0 Å². The summed E-state index contributed by atoms with van der Waals surface area (Å²) in [6.07, 6.45) is -0.595. The number of rotatable bonds is 2. The monoisotopic (exact) mass is 286 g/mol. The third kappa shape index (κ3) is 2.42. The van der Waals surface area contributed by atoms with Gasteiger partial charge in [-0.2, -0.15) is 0 Å². The molecule has 0 bridgehead atoms. The minimum Gasteiger partial charge on any atom is -0.477 e. The molecule has 4 nitrogen and oxygen atoms in total. The van der Waals surface area contributed by atoms with Crippen molar-refractivity contribution in [1.29, 1.82) is 0 Å². The molecule has 1 amide bonds. The Morgan fingerprint density at radius 1 is 1.24 bits per heavy atom. The second kappa shape index (κ2) is 5.09. The highest BCUT2D eigenvalue weighted by Crippen LogP contribution is 2.39. The number of nitrogens with two attached hydrogens (primary N) is 1. The minimum absolute atomic E-state index is 0.141. The molecule has 0 fully saturated rings. The van der Waals surface area contributed by atoms with Crippen molar-refractivity contribution in [2.75, 3.05) is 10.6 Å². The number of nitrogen functional groups attached to an aromatic ring is 1. The van der Waals surface area contributed by atoms with Crippen molar-refractivity contribution in [3.05, 3.63) is 53.8 Å². The van der Waals surface area contributed by atoms with Gasteiger partial charge in [0.15, 0.2) is 11.9 Å². The molecule has 2 N–H and O–H groups in total. The van der Waals surface area contributed by atoms with Crippen LogP contribution in [-0.4, -0.2) is 12.0 Å². The summed E-state index contributed by atoms with van der Waals surface area (Å²) < 4.78 is 18.6. The van der Waals surface area contributed by atoms with Crippen LogP contribution in [-0.2, 0) is 11.3 Å². The average Bonchev–Trinajstić information content (AvgIpc) is 2.47. The highest BCUT2D eigenvalue weighted by molar-refractivity contribution is 6.00. The third-order valence-electron chi connectivity index (χ3n) is 3.48. The normalized spacial score (nSPS) is 17.3. The summed E-state index contributed by atoms with van der Waals surface area (Å²) in [6.45, 7) is 2.04. The van der Waals surface area contributed by atoms with Gasteiger partial charge in [0.25, 0.3) is 5.91 Å². The predicted octanol–water partition coefficient (Wildman–Crippen LogP) is 2.72. The maximum atomic E-state index is 13.0. The van der Waals surface area contributed by atoms with E-state index in [1.54, 1.807) is 42.2 Å². The Hall–Kier alpha value is -2.56. The van der Waals surface area contributed by atoms with Crippen LogP contribution in [0.25, 0.3) is 0 Å². The number of halogens is 1. The molecule has 5 heteroatoms. The molecule has 0 aromatic heterocycles. The Bertz CT molecular complexity index is 685. The van der Waals surface area contributed by atoms with E-state index in [1.807, 2.05) is 0 Å². The van der Waals surface area contributed by atoms with E-state index >= 15 is 0 Å². The molecular weight excluding hydrogens is 271 g/mol. The number of carbonyl (C=O) groups excluding carboxylic acids is 1. The van der Waals surface area contributed by atoms with Crippen LogP contribution in [0.5, 0.6) is 5.75 Å². The summed E-state index contributed by atoms with van der Waals surface area (Å²) >= 11 is 0. The first kappa shape index (κ1) is 13.4. The summed E-state index contributed by atoms with van der Waals surface area (Å²) in [4.78, 5) is 14.0. The standard InChI is InChI=1S/C16H15FN2O2/c1-10-16(20)19(9-11-5-7-12(17)8-6-11)14-4-2-3-13(18)15(14)21-10/h2-8,10H,9,18H2,1H3. The summed E-state index contributed by atoms with van der Waals surface area (Å²) in [5, 5.41) is 0. The molecule has 1 unspecified atom stereocenters. The molecule has 1 heterocycles. The number of ether oxygens (including phenoxy) is 1. The molecule has 0 saturated carbocycles. The Morgan fingerprint density at radius 3 is 2.67 bits per heavy atom. The number of carbonyl (C=O) groups is 1. The van der Waals surface area contributed by atoms with Gasteiger partial charge in [0.05, 0.1) is 17.9 Å². The molecule has 21 heavy (non-hydrogen) atoms. The average molecular weight is 286 g/mol. The topological polar surface area (TPSA) is 55.6 Å². The summed E-state index contributed by atoms with van der Waals surface area (Å²) in [7, 11) is 0. The van der Waals surface area contributed by atoms with Crippen LogP contribution in [0.1, 0.15) is 12.5 Å². The summed E-state index contributed by atoms with van der Waals surface area (Å²) in [5.41, 5.74) is 7.89. The van der Waals surface area contributed by atoms with Gasteiger partial charge < -0.3 is 15.4 Å². The van der Waals surface area contributed by atoms with E-state index < -0.39 is 6.10 Å². The van der Waals surface area contributed by atoms with E-state index in [9.17, 15) is 9.18 Å². The smallest absolute Gasteiger partial charge is 0.268 e. The number of para-hydroxylation sites is 1. The zero-order valence-electron chi connectivity index (χ0n) is 11.5. The quantitative estimate of drug-likeness (QED) is 0.864. The van der Waals surface area contributed by atoms with Gasteiger partial charge in [-0.25, -0.2) is 4.39 Å². The number of fused-ring (bicyclic) bond motifs is 1. The van der Waals surface area contributed by atoms with E-state index in [0.717, 1.165) is 5.56 Å². The maximum Gasteiger partial charge on any atom is 0.268 e. The first-order valence-electron chi connectivity index (χ1n) is 6.67. The zero-order valence-corrected chi connectivity index (χ0v) is 11.5. The number of nitrogens with zero attached hydrogens (tertiary/aromatic N) is 1. The fourth-order valence-electron chi connectivity index (χ4n) is 2.38. The van der Waals surface area contributed by atoms with Gasteiger partial charge in [-0.15, -0.1) is 0 Å². The van der Waals surface area contributed by atoms with Gasteiger partial charge in [-0.3, -0.25) is 4.79 Å². The second-order valence-electron chi connectivity index (χ2n) is 5.01. The molecule has 0 spiro atoms. The molecule has 0 saturated heterocycles. The van der Waals surface area contributed by atoms with E-state index in [0.29, 0.717) is 23.7 Å². The lowest BCUT2D eigenvalue weighted by Gasteiger charge is -2.33. The molecule has 2 aromatic carbocycles. The second-order valence-corrected chi connectivity index (χ2v) is 5.01. The van der Waals surface area contributed by atoms with Crippen LogP contribution in [0.3, 0.4) is 0 Å². The number of amides is 1. The van der Waals surface area contributed by atoms with E-state index in [2.05, 4.69) is 0 Å². The molecular formula is C16H15FN2O2. The Balaban J connectivity index is 1.99. The number of hydrogen-bond acceptors (Lipinski definition) is 3. The Morgan fingerprint density at radius 2 is 1.95 bits per heavy atom. The van der Waals surface area contributed by atoms with Gasteiger partial charge in [-0.1, -0.05) is 18.2 Å². The Kier molecular flexibility index (Phi) is 3.25. The Labute approximate surface area is 121 Å².